The summed E-state index contributed by atoms with van der Waals surface area (Å²) in [6.07, 6.45) is 0. The van der Waals surface area contributed by atoms with E-state index in [1.807, 2.05) is 6.92 Å². The third kappa shape index (κ3) is 3.65. The zero-order valence-corrected chi connectivity index (χ0v) is 12.0. The monoisotopic (exact) mass is 275 g/mol. The number of piperazine rings is 1. The molecule has 1 saturated heterocycles. The summed E-state index contributed by atoms with van der Waals surface area (Å²) in [6, 6.07) is 6.87. The van der Waals surface area contributed by atoms with Crippen molar-refractivity contribution in [3.05, 3.63) is 29.8 Å². The normalized spacial score (nSPS) is 17.5. The number of nitrogens with zero attached hydrogens (tertiary/aromatic N) is 1. The third-order valence-corrected chi connectivity index (χ3v) is 3.62. The van der Waals surface area contributed by atoms with Crippen LogP contribution in [-0.2, 0) is 4.79 Å². The lowest BCUT2D eigenvalue weighted by molar-refractivity contribution is -0.120. The molecule has 0 radical (unpaired) electrons. The molecule has 1 aromatic rings. The molecule has 5 nitrogen and oxygen atoms in total. The van der Waals surface area contributed by atoms with Gasteiger partial charge in [0, 0.05) is 37.4 Å². The Morgan fingerprint density at radius 2 is 2.00 bits per heavy atom. The molecular weight excluding hydrogens is 254 g/mol. The van der Waals surface area contributed by atoms with Crippen LogP contribution in [0.3, 0.4) is 0 Å². The highest BCUT2D eigenvalue weighted by Gasteiger charge is 2.22. The van der Waals surface area contributed by atoms with Crippen LogP contribution in [0.25, 0.3) is 0 Å². The first-order valence-corrected chi connectivity index (χ1v) is 6.94. The lowest BCUT2D eigenvalue weighted by atomic mass is 10.1. The number of Topliss-reactive ketones (excluding diaryl/α,β-unsaturated/α-hetero) is 1. The standard InChI is InChI=1S/C15H21N3O2/c1-11(18-8-6-16-7-9-18)15(20)17-14-5-3-4-13(10-14)12(2)19/h3-5,10-11,16H,6-9H2,1-2H3,(H,17,20). The summed E-state index contributed by atoms with van der Waals surface area (Å²) in [5, 5.41) is 6.15. The van der Waals surface area contributed by atoms with E-state index >= 15 is 0 Å². The van der Waals surface area contributed by atoms with Gasteiger partial charge in [-0.1, -0.05) is 12.1 Å². The minimum absolute atomic E-state index is 0.00347. The molecular formula is C15H21N3O2. The molecule has 1 aliphatic rings. The first-order valence-electron chi connectivity index (χ1n) is 6.94. The van der Waals surface area contributed by atoms with Crippen LogP contribution in [0.4, 0.5) is 5.69 Å². The highest BCUT2D eigenvalue weighted by atomic mass is 16.2. The number of amides is 1. The molecule has 1 aliphatic heterocycles. The fraction of sp³-hybridized carbons (Fsp3) is 0.467. The van der Waals surface area contributed by atoms with Crippen LogP contribution in [0, 0.1) is 0 Å². The molecule has 0 aromatic heterocycles. The number of hydrogen-bond acceptors (Lipinski definition) is 4. The van der Waals surface area contributed by atoms with Gasteiger partial charge in [0.15, 0.2) is 5.78 Å². The molecule has 0 aliphatic carbocycles. The maximum Gasteiger partial charge on any atom is 0.241 e. The molecule has 2 rings (SSSR count). The quantitative estimate of drug-likeness (QED) is 0.808. The smallest absolute Gasteiger partial charge is 0.241 e. The summed E-state index contributed by atoms with van der Waals surface area (Å²) in [7, 11) is 0. The van der Waals surface area contributed by atoms with E-state index in [0.29, 0.717) is 11.3 Å². The van der Waals surface area contributed by atoms with E-state index in [-0.39, 0.29) is 17.7 Å². The molecule has 108 valence electrons. The summed E-state index contributed by atoms with van der Waals surface area (Å²) >= 11 is 0. The first-order chi connectivity index (χ1) is 9.58. The largest absolute Gasteiger partial charge is 0.325 e. The fourth-order valence-corrected chi connectivity index (χ4v) is 2.30. The van der Waals surface area contributed by atoms with Crippen LogP contribution in [0.1, 0.15) is 24.2 Å². The van der Waals surface area contributed by atoms with Crippen molar-refractivity contribution in [3.63, 3.8) is 0 Å². The van der Waals surface area contributed by atoms with Crippen LogP contribution in [0.5, 0.6) is 0 Å². The summed E-state index contributed by atoms with van der Waals surface area (Å²) in [5.74, 6) is -0.0381. The van der Waals surface area contributed by atoms with Gasteiger partial charge in [-0.2, -0.15) is 0 Å². The van der Waals surface area contributed by atoms with E-state index in [2.05, 4.69) is 15.5 Å². The van der Waals surface area contributed by atoms with E-state index in [0.717, 1.165) is 26.2 Å². The number of hydrogen-bond donors (Lipinski definition) is 2. The minimum Gasteiger partial charge on any atom is -0.325 e. The Morgan fingerprint density at radius 1 is 1.30 bits per heavy atom. The van der Waals surface area contributed by atoms with Gasteiger partial charge in [-0.05, 0) is 26.0 Å². The molecule has 1 fully saturated rings. The SMILES string of the molecule is CC(=O)c1cccc(NC(=O)C(C)N2CCNCC2)c1. The average Bonchev–Trinajstić information content (AvgIpc) is 2.47. The summed E-state index contributed by atoms with van der Waals surface area (Å²) in [6.45, 7) is 7.01. The Bertz CT molecular complexity index is 496. The fourth-order valence-electron chi connectivity index (χ4n) is 2.30. The van der Waals surface area contributed by atoms with Crippen molar-refractivity contribution < 1.29 is 9.59 Å². The first kappa shape index (κ1) is 14.7. The van der Waals surface area contributed by atoms with Crippen molar-refractivity contribution in [2.45, 2.75) is 19.9 Å². The predicted molar refractivity (Wildman–Crippen MR) is 79.0 cm³/mol. The topological polar surface area (TPSA) is 61.4 Å². The van der Waals surface area contributed by atoms with E-state index in [9.17, 15) is 9.59 Å². The van der Waals surface area contributed by atoms with Crippen molar-refractivity contribution in [1.29, 1.82) is 0 Å². The van der Waals surface area contributed by atoms with Gasteiger partial charge in [0.2, 0.25) is 5.91 Å². The molecule has 1 aromatic carbocycles. The summed E-state index contributed by atoms with van der Waals surface area (Å²) in [4.78, 5) is 25.7. The second kappa shape index (κ2) is 6.63. The molecule has 0 saturated carbocycles. The number of carbonyl (C=O) groups excluding carboxylic acids is 2. The molecule has 1 heterocycles. The zero-order valence-electron chi connectivity index (χ0n) is 12.0. The van der Waals surface area contributed by atoms with Gasteiger partial charge in [0.25, 0.3) is 0 Å². The van der Waals surface area contributed by atoms with Crippen LogP contribution in [0.2, 0.25) is 0 Å². The Balaban J connectivity index is 1.99. The molecule has 2 N–H and O–H groups in total. The second-order valence-electron chi connectivity index (χ2n) is 5.09. The molecule has 5 heteroatoms. The Kier molecular flexibility index (Phi) is 4.87. The van der Waals surface area contributed by atoms with Gasteiger partial charge < -0.3 is 10.6 Å². The number of ketones is 1. The molecule has 20 heavy (non-hydrogen) atoms. The molecule has 0 bridgehead atoms. The highest BCUT2D eigenvalue weighted by Crippen LogP contribution is 2.12. The summed E-state index contributed by atoms with van der Waals surface area (Å²) < 4.78 is 0. The van der Waals surface area contributed by atoms with Crippen molar-refractivity contribution in [1.82, 2.24) is 10.2 Å². The van der Waals surface area contributed by atoms with Crippen molar-refractivity contribution in [2.24, 2.45) is 0 Å². The van der Waals surface area contributed by atoms with Gasteiger partial charge in [0.1, 0.15) is 0 Å². The lowest BCUT2D eigenvalue weighted by Crippen LogP contribution is -2.51. The number of anilines is 1. The zero-order chi connectivity index (χ0) is 14.5. The van der Waals surface area contributed by atoms with Crippen LogP contribution < -0.4 is 10.6 Å². The van der Waals surface area contributed by atoms with Gasteiger partial charge in [-0.15, -0.1) is 0 Å². The second-order valence-corrected chi connectivity index (χ2v) is 5.09. The highest BCUT2D eigenvalue weighted by molar-refractivity contribution is 5.98. The Morgan fingerprint density at radius 3 is 2.65 bits per heavy atom. The molecule has 1 amide bonds. The number of rotatable bonds is 4. The number of carbonyl (C=O) groups is 2. The van der Waals surface area contributed by atoms with Gasteiger partial charge in [-0.25, -0.2) is 0 Å². The maximum absolute atomic E-state index is 12.2. The Labute approximate surface area is 119 Å². The maximum atomic E-state index is 12.2. The van der Waals surface area contributed by atoms with Crippen LogP contribution >= 0.6 is 0 Å². The van der Waals surface area contributed by atoms with Gasteiger partial charge in [0.05, 0.1) is 6.04 Å². The van der Waals surface area contributed by atoms with E-state index < -0.39 is 0 Å². The molecule has 1 unspecified atom stereocenters. The van der Waals surface area contributed by atoms with E-state index in [1.54, 1.807) is 24.3 Å². The average molecular weight is 275 g/mol. The predicted octanol–water partition coefficient (Wildman–Crippen LogP) is 1.12. The molecule has 1 atom stereocenters. The van der Waals surface area contributed by atoms with Crippen molar-refractivity contribution >= 4 is 17.4 Å². The van der Waals surface area contributed by atoms with Crippen LogP contribution in [0.15, 0.2) is 24.3 Å². The van der Waals surface area contributed by atoms with Crippen LogP contribution in [-0.4, -0.2) is 48.8 Å². The van der Waals surface area contributed by atoms with Gasteiger partial charge in [-0.3, -0.25) is 14.5 Å². The van der Waals surface area contributed by atoms with Gasteiger partial charge >= 0.3 is 0 Å². The van der Waals surface area contributed by atoms with E-state index in [4.69, 9.17) is 0 Å². The third-order valence-electron chi connectivity index (χ3n) is 3.62. The van der Waals surface area contributed by atoms with E-state index in [1.165, 1.54) is 6.92 Å². The lowest BCUT2D eigenvalue weighted by Gasteiger charge is -2.31. The molecule has 0 spiro atoms. The number of benzene rings is 1. The minimum atomic E-state index is -0.168. The Hall–Kier alpha value is -1.72. The van der Waals surface area contributed by atoms with Crippen molar-refractivity contribution in [3.8, 4) is 0 Å². The summed E-state index contributed by atoms with van der Waals surface area (Å²) in [5.41, 5.74) is 1.28. The number of nitrogens with one attached hydrogen (secondary N) is 2. The van der Waals surface area contributed by atoms with Crippen molar-refractivity contribution in [2.75, 3.05) is 31.5 Å².